The molecule has 0 fully saturated rings. The van der Waals surface area contributed by atoms with Crippen molar-refractivity contribution in [2.75, 3.05) is 0 Å². The summed E-state index contributed by atoms with van der Waals surface area (Å²) in [5, 5.41) is 3.76. The summed E-state index contributed by atoms with van der Waals surface area (Å²) in [6.45, 7) is 8.00. The van der Waals surface area contributed by atoms with Crippen LogP contribution in [0.4, 0.5) is 0 Å². The molecule has 0 aliphatic rings. The van der Waals surface area contributed by atoms with Crippen LogP contribution >= 0.6 is 11.5 Å². The molecular weight excluding hydrogens is 206 g/mol. The van der Waals surface area contributed by atoms with Crippen LogP contribution in [0, 0.1) is 0 Å². The number of hydrogen-bond donors (Lipinski definition) is 0. The Kier molecular flexibility index (Phi) is 8.47. The molecule has 0 atom stereocenters. The summed E-state index contributed by atoms with van der Waals surface area (Å²) >= 11 is 1.40. The molecular formula is C11H18N3S+. The first-order valence-electron chi connectivity index (χ1n) is 5.20. The van der Waals surface area contributed by atoms with Gasteiger partial charge in [0.05, 0.1) is 11.1 Å². The Morgan fingerprint density at radius 1 is 1.07 bits per heavy atom. The molecule has 15 heavy (non-hydrogen) atoms. The highest BCUT2D eigenvalue weighted by molar-refractivity contribution is 7.09. The molecule has 0 bridgehead atoms. The van der Waals surface area contributed by atoms with Gasteiger partial charge in [0.2, 0.25) is 0 Å². The van der Waals surface area contributed by atoms with Gasteiger partial charge < -0.3 is 0 Å². The van der Waals surface area contributed by atoms with Crippen molar-refractivity contribution in [1.29, 1.82) is 0 Å². The van der Waals surface area contributed by atoms with Crippen molar-refractivity contribution in [3.05, 3.63) is 30.7 Å². The zero-order valence-electron chi connectivity index (χ0n) is 9.69. The van der Waals surface area contributed by atoms with Gasteiger partial charge in [-0.2, -0.15) is 0 Å². The summed E-state index contributed by atoms with van der Waals surface area (Å²) in [6.07, 6.45) is 5.53. The largest absolute Gasteiger partial charge is 0.218 e. The predicted molar refractivity (Wildman–Crippen MR) is 64.6 cm³/mol. The van der Waals surface area contributed by atoms with Crippen molar-refractivity contribution in [2.24, 2.45) is 0 Å². The van der Waals surface area contributed by atoms with Crippen molar-refractivity contribution in [2.45, 2.75) is 27.7 Å². The lowest BCUT2D eigenvalue weighted by molar-refractivity contribution is -0.377. The van der Waals surface area contributed by atoms with Crippen LogP contribution in [0.1, 0.15) is 27.7 Å². The lowest BCUT2D eigenvalue weighted by Gasteiger charge is -1.87. The summed E-state index contributed by atoms with van der Waals surface area (Å²) in [5.41, 5.74) is 1.15. The minimum atomic E-state index is 1.10. The summed E-state index contributed by atoms with van der Waals surface area (Å²) in [4.78, 5) is 4.05. The maximum Gasteiger partial charge on any atom is 0.167 e. The smallest absolute Gasteiger partial charge is 0.167 e. The number of pyridine rings is 1. The van der Waals surface area contributed by atoms with Crippen LogP contribution in [0.25, 0.3) is 10.4 Å². The van der Waals surface area contributed by atoms with E-state index in [9.17, 15) is 0 Å². The molecule has 4 heteroatoms. The summed E-state index contributed by atoms with van der Waals surface area (Å²) in [5.74, 6) is 0. The highest BCUT2D eigenvalue weighted by Gasteiger charge is 1.99. The van der Waals surface area contributed by atoms with Gasteiger partial charge in [-0.25, -0.2) is 4.98 Å². The number of aromatic amines is 1. The summed E-state index contributed by atoms with van der Waals surface area (Å²) in [7, 11) is 0. The van der Waals surface area contributed by atoms with Crippen molar-refractivity contribution in [3.8, 4) is 10.4 Å². The van der Waals surface area contributed by atoms with E-state index in [1.165, 1.54) is 11.5 Å². The molecule has 0 aliphatic heterocycles. The first-order chi connectivity index (χ1) is 7.47. The van der Waals surface area contributed by atoms with E-state index in [1.54, 1.807) is 6.20 Å². The Balaban J connectivity index is 0.000000442. The van der Waals surface area contributed by atoms with Crippen LogP contribution in [-0.4, -0.2) is 9.59 Å². The minimum Gasteiger partial charge on any atom is -0.218 e. The number of rotatable bonds is 1. The number of aromatic nitrogens is 3. The third-order valence-electron chi connectivity index (χ3n) is 1.36. The molecule has 0 spiro atoms. The highest BCUT2D eigenvalue weighted by Crippen LogP contribution is 2.18. The summed E-state index contributed by atoms with van der Waals surface area (Å²) in [6, 6.07) is 3.99. The van der Waals surface area contributed by atoms with E-state index in [2.05, 4.69) is 14.6 Å². The lowest BCUT2D eigenvalue weighted by Crippen LogP contribution is -1.96. The first kappa shape index (κ1) is 13.7. The fourth-order valence-electron chi connectivity index (χ4n) is 0.846. The molecule has 2 rings (SSSR count). The third kappa shape index (κ3) is 4.65. The van der Waals surface area contributed by atoms with Crippen molar-refractivity contribution >= 4 is 11.5 Å². The van der Waals surface area contributed by atoms with E-state index in [1.807, 2.05) is 52.2 Å². The zero-order chi connectivity index (χ0) is 11.5. The van der Waals surface area contributed by atoms with E-state index in [4.69, 9.17) is 0 Å². The van der Waals surface area contributed by atoms with Crippen LogP contribution in [0.5, 0.6) is 0 Å². The molecule has 0 unspecified atom stereocenters. The Hall–Kier alpha value is -1.29. The summed E-state index contributed by atoms with van der Waals surface area (Å²) < 4.78 is 3.78. The van der Waals surface area contributed by atoms with Gasteiger partial charge in [-0.1, -0.05) is 32.2 Å². The third-order valence-corrected chi connectivity index (χ3v) is 2.08. The molecule has 2 heterocycles. The zero-order valence-corrected chi connectivity index (χ0v) is 10.5. The molecule has 0 aromatic carbocycles. The van der Waals surface area contributed by atoms with Crippen LogP contribution in [0.3, 0.4) is 0 Å². The van der Waals surface area contributed by atoms with Gasteiger partial charge in [-0.3, -0.25) is 0 Å². The molecule has 2 aromatic rings. The average molecular weight is 224 g/mol. The van der Waals surface area contributed by atoms with E-state index < -0.39 is 0 Å². The average Bonchev–Trinajstić information content (AvgIpc) is 2.89. The quantitative estimate of drug-likeness (QED) is 0.747. The molecule has 0 radical (unpaired) electrons. The second kappa shape index (κ2) is 9.27. The van der Waals surface area contributed by atoms with Gasteiger partial charge >= 0.3 is 0 Å². The molecule has 2 aromatic heterocycles. The SMILES string of the molecule is CC.CC.c1cc(-c2cnns2)cc[nH+]1. The molecule has 0 saturated carbocycles. The minimum absolute atomic E-state index is 1.10. The topological polar surface area (TPSA) is 39.9 Å². The fourth-order valence-corrected chi connectivity index (χ4v) is 1.36. The second-order valence-electron chi connectivity index (χ2n) is 2.07. The van der Waals surface area contributed by atoms with Crippen molar-refractivity contribution in [3.63, 3.8) is 0 Å². The molecule has 0 saturated heterocycles. The lowest BCUT2D eigenvalue weighted by atomic mass is 10.2. The maximum absolute atomic E-state index is 3.78. The van der Waals surface area contributed by atoms with Crippen LogP contribution in [0.15, 0.2) is 30.7 Å². The predicted octanol–water partition coefficient (Wildman–Crippen LogP) is 3.07. The molecule has 3 nitrogen and oxygen atoms in total. The normalized spacial score (nSPS) is 8.00. The van der Waals surface area contributed by atoms with Crippen LogP contribution in [-0.2, 0) is 0 Å². The Morgan fingerprint density at radius 3 is 2.13 bits per heavy atom. The van der Waals surface area contributed by atoms with Crippen molar-refractivity contribution in [1.82, 2.24) is 9.59 Å². The molecule has 0 amide bonds. The van der Waals surface area contributed by atoms with Gasteiger partial charge in [0.15, 0.2) is 12.4 Å². The van der Waals surface area contributed by atoms with E-state index in [-0.39, 0.29) is 0 Å². The molecule has 82 valence electrons. The standard InChI is InChI=1S/C7H5N3S.2C2H6/c1-3-8-4-2-6(1)7-5-9-10-11-7;2*1-2/h1-5H;2*1-2H3/p+1. The Labute approximate surface area is 95.4 Å². The first-order valence-corrected chi connectivity index (χ1v) is 5.98. The van der Waals surface area contributed by atoms with Gasteiger partial charge in [-0.05, 0) is 11.5 Å². The van der Waals surface area contributed by atoms with Gasteiger partial charge in [0.1, 0.15) is 0 Å². The van der Waals surface area contributed by atoms with Gasteiger partial charge in [0, 0.05) is 17.7 Å². The highest BCUT2D eigenvalue weighted by atomic mass is 32.1. The number of nitrogens with zero attached hydrogens (tertiary/aromatic N) is 2. The van der Waals surface area contributed by atoms with E-state index >= 15 is 0 Å². The second-order valence-corrected chi connectivity index (χ2v) is 2.86. The monoisotopic (exact) mass is 224 g/mol. The number of hydrogen-bond acceptors (Lipinski definition) is 3. The van der Waals surface area contributed by atoms with Gasteiger partial charge in [0.25, 0.3) is 0 Å². The maximum atomic E-state index is 3.78. The van der Waals surface area contributed by atoms with E-state index in [0.29, 0.717) is 0 Å². The molecule has 0 aliphatic carbocycles. The Morgan fingerprint density at radius 2 is 1.67 bits per heavy atom. The van der Waals surface area contributed by atoms with Gasteiger partial charge in [-0.15, -0.1) is 5.10 Å². The Bertz CT molecular complexity index is 319. The van der Waals surface area contributed by atoms with E-state index in [0.717, 1.165) is 10.4 Å². The number of H-pyrrole nitrogens is 1. The molecule has 1 N–H and O–H groups in total. The van der Waals surface area contributed by atoms with Crippen LogP contribution < -0.4 is 4.98 Å². The fraction of sp³-hybridized carbons (Fsp3) is 0.364. The number of nitrogens with one attached hydrogen (secondary N) is 1. The van der Waals surface area contributed by atoms with Crippen molar-refractivity contribution < 1.29 is 4.98 Å². The van der Waals surface area contributed by atoms with Crippen LogP contribution in [0.2, 0.25) is 0 Å².